The molecule has 10 heteroatoms. The Bertz CT molecular complexity index is 1000. The number of aromatic nitrogens is 2. The average Bonchev–Trinajstić information content (AvgIpc) is 3.10. The summed E-state index contributed by atoms with van der Waals surface area (Å²) in [7, 11) is 0. The van der Waals surface area contributed by atoms with Gasteiger partial charge in [0.15, 0.2) is 34.2 Å². The molecule has 4 nitrogen and oxygen atoms in total. The molecule has 0 saturated heterocycles. The fraction of sp³-hybridized carbons (Fsp3) is 0.111. The number of nitrogens with one attached hydrogen (secondary N) is 2. The highest BCUT2D eigenvalue weighted by Gasteiger charge is 2.25. The molecular weight excluding hydrogens is 399 g/mol. The Morgan fingerprint density at radius 1 is 0.893 bits per heavy atom. The molecule has 0 radical (unpaired) electrons. The van der Waals surface area contributed by atoms with Crippen molar-refractivity contribution >= 4 is 28.8 Å². The molecule has 0 unspecified atom stereocenters. The maximum absolute atomic E-state index is 13.8. The van der Waals surface area contributed by atoms with Gasteiger partial charge in [-0.15, -0.1) is 0 Å². The lowest BCUT2D eigenvalue weighted by Gasteiger charge is -2.09. The van der Waals surface area contributed by atoms with Gasteiger partial charge in [-0.05, 0) is 31.3 Å². The van der Waals surface area contributed by atoms with Crippen molar-refractivity contribution in [2.45, 2.75) is 13.5 Å². The second-order valence-electron chi connectivity index (χ2n) is 5.89. The molecule has 0 aliphatic heterocycles. The Labute approximate surface area is 162 Å². The summed E-state index contributed by atoms with van der Waals surface area (Å²) in [5, 5.41) is 9.88. The van der Waals surface area contributed by atoms with E-state index in [1.54, 1.807) is 0 Å². The topological polar surface area (TPSA) is 41.9 Å². The van der Waals surface area contributed by atoms with E-state index in [0.717, 1.165) is 15.9 Å². The van der Waals surface area contributed by atoms with Crippen molar-refractivity contribution in [2.24, 2.45) is 0 Å². The minimum Gasteiger partial charge on any atom is -0.332 e. The van der Waals surface area contributed by atoms with Crippen LogP contribution in [0.1, 0.15) is 11.1 Å². The van der Waals surface area contributed by atoms with Crippen LogP contribution in [-0.4, -0.2) is 14.9 Å². The van der Waals surface area contributed by atoms with Crippen LogP contribution in [0.5, 0.6) is 0 Å². The van der Waals surface area contributed by atoms with Gasteiger partial charge >= 0.3 is 0 Å². The number of aryl methyl sites for hydroxylation is 1. The van der Waals surface area contributed by atoms with Gasteiger partial charge in [-0.3, -0.25) is 4.68 Å². The predicted octanol–water partition coefficient (Wildman–Crippen LogP) is 4.74. The van der Waals surface area contributed by atoms with E-state index < -0.39 is 41.2 Å². The van der Waals surface area contributed by atoms with Crippen LogP contribution in [0.3, 0.4) is 0 Å². The van der Waals surface area contributed by atoms with Crippen molar-refractivity contribution in [3.63, 3.8) is 0 Å². The van der Waals surface area contributed by atoms with Crippen molar-refractivity contribution in [3.05, 3.63) is 76.7 Å². The van der Waals surface area contributed by atoms with Gasteiger partial charge in [0.25, 0.3) is 0 Å². The molecule has 0 aliphatic rings. The van der Waals surface area contributed by atoms with Crippen LogP contribution in [0.2, 0.25) is 0 Å². The molecule has 0 atom stereocenters. The van der Waals surface area contributed by atoms with Crippen molar-refractivity contribution in [1.82, 2.24) is 9.78 Å². The number of anilines is 2. The van der Waals surface area contributed by atoms with Crippen LogP contribution in [0.25, 0.3) is 0 Å². The summed E-state index contributed by atoms with van der Waals surface area (Å²) in [6, 6.07) is 8.87. The van der Waals surface area contributed by atoms with Crippen LogP contribution in [0, 0.1) is 36.0 Å². The van der Waals surface area contributed by atoms with Gasteiger partial charge in [0.05, 0.1) is 12.1 Å². The smallest absolute Gasteiger partial charge is 0.200 e. The van der Waals surface area contributed by atoms with Gasteiger partial charge in [-0.25, -0.2) is 22.0 Å². The van der Waals surface area contributed by atoms with Gasteiger partial charge in [-0.1, -0.05) is 17.7 Å². The van der Waals surface area contributed by atoms with E-state index in [-0.39, 0.29) is 10.9 Å². The molecule has 0 spiro atoms. The summed E-state index contributed by atoms with van der Waals surface area (Å²) in [5.41, 5.74) is 0.839. The molecule has 0 aliphatic carbocycles. The Balaban J connectivity index is 1.71. The van der Waals surface area contributed by atoms with E-state index in [4.69, 9.17) is 12.2 Å². The van der Waals surface area contributed by atoms with Gasteiger partial charge in [-0.2, -0.15) is 5.10 Å². The maximum Gasteiger partial charge on any atom is 0.200 e. The highest BCUT2D eigenvalue weighted by atomic mass is 32.1. The molecule has 0 amide bonds. The lowest BCUT2D eigenvalue weighted by molar-refractivity contribution is 0.367. The van der Waals surface area contributed by atoms with Crippen molar-refractivity contribution in [2.75, 3.05) is 10.6 Å². The first-order chi connectivity index (χ1) is 13.3. The Morgan fingerprint density at radius 3 is 2.07 bits per heavy atom. The van der Waals surface area contributed by atoms with Crippen LogP contribution in [0.15, 0.2) is 36.5 Å². The van der Waals surface area contributed by atoms with Crippen molar-refractivity contribution < 1.29 is 22.0 Å². The number of hydrogen-bond acceptors (Lipinski definition) is 2. The monoisotopic (exact) mass is 412 g/mol. The molecule has 0 saturated carbocycles. The highest BCUT2D eigenvalue weighted by Crippen LogP contribution is 2.23. The standard InChI is InChI=1S/C18H13F5N4S/c1-9-2-4-10(5-3-9)24-18(28)25-12-6-7-27(26-12)8-11-13(19)15(21)17(23)16(22)14(11)20/h2-7H,8H2,1H3,(H2,24,25,26,28). The van der Waals surface area contributed by atoms with E-state index in [0.29, 0.717) is 0 Å². The SMILES string of the molecule is Cc1ccc(NC(=S)Nc2ccn(Cc3c(F)c(F)c(F)c(F)c3F)n2)cc1. The van der Waals surface area contributed by atoms with E-state index in [2.05, 4.69) is 15.7 Å². The number of rotatable bonds is 4. The van der Waals surface area contributed by atoms with E-state index in [1.165, 1.54) is 12.3 Å². The summed E-state index contributed by atoms with van der Waals surface area (Å²) >= 11 is 5.15. The van der Waals surface area contributed by atoms with Gasteiger partial charge in [0.2, 0.25) is 5.82 Å². The zero-order valence-corrected chi connectivity index (χ0v) is 15.2. The average molecular weight is 412 g/mol. The van der Waals surface area contributed by atoms with E-state index >= 15 is 0 Å². The Morgan fingerprint density at radius 2 is 1.46 bits per heavy atom. The Kier molecular flexibility index (Phi) is 5.59. The number of halogens is 5. The van der Waals surface area contributed by atoms with E-state index in [9.17, 15) is 22.0 Å². The minimum absolute atomic E-state index is 0.213. The van der Waals surface area contributed by atoms with Crippen LogP contribution in [-0.2, 0) is 6.54 Å². The Hall–Kier alpha value is -3.01. The zero-order valence-electron chi connectivity index (χ0n) is 14.4. The quantitative estimate of drug-likeness (QED) is 0.281. The molecule has 3 aromatic rings. The van der Waals surface area contributed by atoms with Gasteiger partial charge in [0, 0.05) is 18.0 Å². The molecule has 3 rings (SSSR count). The predicted molar refractivity (Wildman–Crippen MR) is 98.6 cm³/mol. The van der Waals surface area contributed by atoms with E-state index in [1.807, 2.05) is 31.2 Å². The molecule has 2 N–H and O–H groups in total. The maximum atomic E-state index is 13.8. The van der Waals surface area contributed by atoms with Crippen LogP contribution < -0.4 is 10.6 Å². The summed E-state index contributed by atoms with van der Waals surface area (Å²) in [5.74, 6) is -9.75. The highest BCUT2D eigenvalue weighted by molar-refractivity contribution is 7.80. The van der Waals surface area contributed by atoms with Crippen molar-refractivity contribution in [1.29, 1.82) is 0 Å². The molecular formula is C18H13F5N4S. The fourth-order valence-electron chi connectivity index (χ4n) is 2.38. The lowest BCUT2D eigenvalue weighted by atomic mass is 10.1. The first-order valence-corrected chi connectivity index (χ1v) is 8.35. The molecule has 1 heterocycles. The van der Waals surface area contributed by atoms with Crippen LogP contribution in [0.4, 0.5) is 33.5 Å². The normalized spacial score (nSPS) is 10.8. The van der Waals surface area contributed by atoms with Gasteiger partial charge in [0.1, 0.15) is 0 Å². The lowest BCUT2D eigenvalue weighted by Crippen LogP contribution is -2.19. The second kappa shape index (κ2) is 7.93. The molecule has 0 bridgehead atoms. The summed E-state index contributed by atoms with van der Waals surface area (Å²) in [4.78, 5) is 0. The third-order valence-corrected chi connectivity index (χ3v) is 4.02. The number of benzene rings is 2. The number of nitrogens with zero attached hydrogens (tertiary/aromatic N) is 2. The van der Waals surface area contributed by atoms with Gasteiger partial charge < -0.3 is 10.6 Å². The fourth-order valence-corrected chi connectivity index (χ4v) is 2.61. The molecule has 1 aromatic heterocycles. The third kappa shape index (κ3) is 4.11. The molecule has 2 aromatic carbocycles. The molecule has 28 heavy (non-hydrogen) atoms. The largest absolute Gasteiger partial charge is 0.332 e. The summed E-state index contributed by atoms with van der Waals surface area (Å²) in [6.07, 6.45) is 1.31. The molecule has 146 valence electrons. The third-order valence-electron chi connectivity index (χ3n) is 3.81. The summed E-state index contributed by atoms with van der Waals surface area (Å²) in [6.45, 7) is 1.29. The zero-order chi connectivity index (χ0) is 20.4. The first-order valence-electron chi connectivity index (χ1n) is 7.94. The first kappa shape index (κ1) is 19.7. The second-order valence-corrected chi connectivity index (χ2v) is 6.30. The number of hydrogen-bond donors (Lipinski definition) is 2. The minimum atomic E-state index is -2.20. The van der Waals surface area contributed by atoms with Crippen molar-refractivity contribution in [3.8, 4) is 0 Å². The van der Waals surface area contributed by atoms with Crippen LogP contribution >= 0.6 is 12.2 Å². The summed E-state index contributed by atoms with van der Waals surface area (Å²) < 4.78 is 68.2. The number of thiocarbonyl (C=S) groups is 1. The molecule has 0 fully saturated rings.